The van der Waals surface area contributed by atoms with E-state index in [9.17, 15) is 4.79 Å². The second-order valence-electron chi connectivity index (χ2n) is 4.66. The van der Waals surface area contributed by atoms with Crippen LogP contribution < -0.4 is 10.6 Å². The van der Waals surface area contributed by atoms with E-state index in [2.05, 4.69) is 28.7 Å². The summed E-state index contributed by atoms with van der Waals surface area (Å²) in [5.41, 5.74) is 5.49. The molecule has 1 aliphatic rings. The summed E-state index contributed by atoms with van der Waals surface area (Å²) in [7, 11) is 0. The van der Waals surface area contributed by atoms with Crippen LogP contribution in [0.3, 0.4) is 0 Å². The van der Waals surface area contributed by atoms with Crippen molar-refractivity contribution in [2.24, 2.45) is 17.6 Å². The van der Waals surface area contributed by atoms with Gasteiger partial charge >= 0.3 is 0 Å². The van der Waals surface area contributed by atoms with Gasteiger partial charge in [0, 0.05) is 19.3 Å². The second kappa shape index (κ2) is 4.69. The number of carbonyl (C=O) groups excluding carboxylic acids is 1. The number of nitrogens with two attached hydrogens (primary N) is 1. The molecule has 0 unspecified atom stereocenters. The van der Waals surface area contributed by atoms with E-state index in [0.717, 1.165) is 19.5 Å². The predicted octanol–water partition coefficient (Wildman–Crippen LogP) is 1.06. The van der Waals surface area contributed by atoms with Gasteiger partial charge in [-0.3, -0.25) is 4.79 Å². The number of nitrogens with zero attached hydrogens (tertiary/aromatic N) is 3. The molecule has 0 bridgehead atoms. The summed E-state index contributed by atoms with van der Waals surface area (Å²) in [6, 6.07) is 1.54. The van der Waals surface area contributed by atoms with Gasteiger partial charge in [-0.05, 0) is 17.9 Å². The molecule has 2 heterocycles. The molecule has 0 aliphatic carbocycles. The Kier molecular flexibility index (Phi) is 3.26. The van der Waals surface area contributed by atoms with Gasteiger partial charge in [0.25, 0.3) is 5.91 Å². The zero-order valence-corrected chi connectivity index (χ0v) is 10.3. The van der Waals surface area contributed by atoms with Gasteiger partial charge in [0.15, 0.2) is 0 Å². The summed E-state index contributed by atoms with van der Waals surface area (Å²) >= 11 is 0. The summed E-state index contributed by atoms with van der Waals surface area (Å²) in [6.45, 7) is 6.35. The van der Waals surface area contributed by atoms with Crippen molar-refractivity contribution in [3.8, 4) is 0 Å². The minimum Gasteiger partial charge on any atom is -0.364 e. The number of aromatic nitrogens is 2. The number of carbonyl (C=O) groups is 1. The SMILES string of the molecule is CC[C@@H]1CN(c2nccc(C(N)=O)n2)C[C@@H]1C. The largest absolute Gasteiger partial charge is 0.364 e. The van der Waals surface area contributed by atoms with Crippen LogP contribution in [0.2, 0.25) is 0 Å². The molecular weight excluding hydrogens is 216 g/mol. The van der Waals surface area contributed by atoms with Crippen LogP contribution in [0.15, 0.2) is 12.3 Å². The Morgan fingerprint density at radius 2 is 2.35 bits per heavy atom. The average Bonchev–Trinajstić information content (AvgIpc) is 2.71. The maximum absolute atomic E-state index is 11.1. The molecule has 2 N–H and O–H groups in total. The first-order valence-corrected chi connectivity index (χ1v) is 5.99. The zero-order valence-electron chi connectivity index (χ0n) is 10.3. The summed E-state index contributed by atoms with van der Waals surface area (Å²) in [6.07, 6.45) is 2.75. The van der Waals surface area contributed by atoms with Crippen LogP contribution in [-0.2, 0) is 0 Å². The van der Waals surface area contributed by atoms with Gasteiger partial charge in [-0.25, -0.2) is 9.97 Å². The van der Waals surface area contributed by atoms with Crippen LogP contribution in [0, 0.1) is 11.8 Å². The first-order valence-electron chi connectivity index (χ1n) is 5.99. The molecule has 1 aliphatic heterocycles. The van der Waals surface area contributed by atoms with Crippen molar-refractivity contribution in [1.29, 1.82) is 0 Å². The van der Waals surface area contributed by atoms with Crippen LogP contribution in [0.4, 0.5) is 5.95 Å². The van der Waals surface area contributed by atoms with E-state index >= 15 is 0 Å². The van der Waals surface area contributed by atoms with Gasteiger partial charge in [0.1, 0.15) is 5.69 Å². The molecule has 5 heteroatoms. The molecule has 1 saturated heterocycles. The average molecular weight is 234 g/mol. The molecule has 92 valence electrons. The highest BCUT2D eigenvalue weighted by atomic mass is 16.1. The Labute approximate surface area is 101 Å². The number of amides is 1. The van der Waals surface area contributed by atoms with Crippen LogP contribution in [0.1, 0.15) is 30.8 Å². The van der Waals surface area contributed by atoms with Crippen molar-refractivity contribution in [2.75, 3.05) is 18.0 Å². The molecule has 2 atom stereocenters. The third-order valence-electron chi connectivity index (χ3n) is 3.47. The molecule has 1 amide bonds. The fourth-order valence-corrected chi connectivity index (χ4v) is 2.37. The number of hydrogen-bond donors (Lipinski definition) is 1. The van der Waals surface area contributed by atoms with E-state index in [-0.39, 0.29) is 5.69 Å². The quantitative estimate of drug-likeness (QED) is 0.848. The van der Waals surface area contributed by atoms with Gasteiger partial charge in [0.2, 0.25) is 5.95 Å². The third kappa shape index (κ3) is 2.38. The maximum atomic E-state index is 11.1. The summed E-state index contributed by atoms with van der Waals surface area (Å²) in [4.78, 5) is 21.6. The highest BCUT2D eigenvalue weighted by molar-refractivity contribution is 5.90. The standard InChI is InChI=1S/C12H18N4O/c1-3-9-7-16(6-8(9)2)12-14-5-4-10(15-12)11(13)17/h4-5,8-9H,3,6-7H2,1-2H3,(H2,13,17)/t8-,9+/m0/s1. The number of primary amides is 1. The second-order valence-corrected chi connectivity index (χ2v) is 4.66. The van der Waals surface area contributed by atoms with E-state index in [1.165, 1.54) is 0 Å². The topological polar surface area (TPSA) is 72.1 Å². The summed E-state index contributed by atoms with van der Waals surface area (Å²) < 4.78 is 0. The molecule has 17 heavy (non-hydrogen) atoms. The Hall–Kier alpha value is -1.65. The van der Waals surface area contributed by atoms with Crippen LogP contribution in [-0.4, -0.2) is 29.0 Å². The lowest BCUT2D eigenvalue weighted by Gasteiger charge is -2.15. The van der Waals surface area contributed by atoms with E-state index in [4.69, 9.17) is 5.73 Å². The zero-order chi connectivity index (χ0) is 12.4. The Bertz CT molecular complexity index is 421. The van der Waals surface area contributed by atoms with Crippen molar-refractivity contribution < 1.29 is 4.79 Å². The van der Waals surface area contributed by atoms with Crippen molar-refractivity contribution in [2.45, 2.75) is 20.3 Å². The van der Waals surface area contributed by atoms with Crippen molar-refractivity contribution in [3.05, 3.63) is 18.0 Å². The Morgan fingerprint density at radius 1 is 1.59 bits per heavy atom. The highest BCUT2D eigenvalue weighted by Gasteiger charge is 2.29. The molecule has 1 fully saturated rings. The molecule has 0 radical (unpaired) electrons. The fraction of sp³-hybridized carbons (Fsp3) is 0.583. The molecular formula is C12H18N4O. The summed E-state index contributed by atoms with van der Waals surface area (Å²) in [5, 5.41) is 0. The van der Waals surface area contributed by atoms with Crippen molar-refractivity contribution in [3.63, 3.8) is 0 Å². The van der Waals surface area contributed by atoms with E-state index in [1.807, 2.05) is 0 Å². The van der Waals surface area contributed by atoms with Gasteiger partial charge in [-0.1, -0.05) is 20.3 Å². The molecule has 0 saturated carbocycles. The van der Waals surface area contributed by atoms with E-state index < -0.39 is 5.91 Å². The van der Waals surface area contributed by atoms with Gasteiger partial charge < -0.3 is 10.6 Å². The predicted molar refractivity (Wildman–Crippen MR) is 65.7 cm³/mol. The minimum absolute atomic E-state index is 0.280. The molecule has 0 aromatic carbocycles. The normalized spacial score (nSPS) is 24.0. The minimum atomic E-state index is -0.507. The van der Waals surface area contributed by atoms with Gasteiger partial charge in [0.05, 0.1) is 0 Å². The Balaban J connectivity index is 2.18. The van der Waals surface area contributed by atoms with Crippen LogP contribution in [0.25, 0.3) is 0 Å². The lowest BCUT2D eigenvalue weighted by molar-refractivity contribution is 0.0995. The smallest absolute Gasteiger partial charge is 0.267 e. The van der Waals surface area contributed by atoms with E-state index in [1.54, 1.807) is 12.3 Å². The number of anilines is 1. The van der Waals surface area contributed by atoms with Gasteiger partial charge in [-0.15, -0.1) is 0 Å². The molecule has 1 aromatic rings. The van der Waals surface area contributed by atoms with Crippen molar-refractivity contribution in [1.82, 2.24) is 9.97 Å². The highest BCUT2D eigenvalue weighted by Crippen LogP contribution is 2.27. The Morgan fingerprint density at radius 3 is 2.94 bits per heavy atom. The van der Waals surface area contributed by atoms with Crippen LogP contribution >= 0.6 is 0 Å². The molecule has 1 aromatic heterocycles. The van der Waals surface area contributed by atoms with Crippen LogP contribution in [0.5, 0.6) is 0 Å². The maximum Gasteiger partial charge on any atom is 0.267 e. The van der Waals surface area contributed by atoms with E-state index in [0.29, 0.717) is 17.8 Å². The lowest BCUT2D eigenvalue weighted by atomic mass is 9.96. The fourth-order valence-electron chi connectivity index (χ4n) is 2.37. The monoisotopic (exact) mass is 234 g/mol. The van der Waals surface area contributed by atoms with Crippen molar-refractivity contribution >= 4 is 11.9 Å². The molecule has 5 nitrogen and oxygen atoms in total. The third-order valence-corrected chi connectivity index (χ3v) is 3.47. The number of hydrogen-bond acceptors (Lipinski definition) is 4. The number of rotatable bonds is 3. The van der Waals surface area contributed by atoms with Gasteiger partial charge in [-0.2, -0.15) is 0 Å². The first-order chi connectivity index (χ1) is 8.11. The molecule has 0 spiro atoms. The summed E-state index contributed by atoms with van der Waals surface area (Å²) in [5.74, 6) is 1.42. The lowest BCUT2D eigenvalue weighted by Crippen LogP contribution is -2.24. The first kappa shape index (κ1) is 11.8. The molecule has 2 rings (SSSR count).